The lowest BCUT2D eigenvalue weighted by molar-refractivity contribution is 0.198. The number of para-hydroxylation sites is 3. The number of hydrogen-bond donors (Lipinski definition) is 2. The summed E-state index contributed by atoms with van der Waals surface area (Å²) in [5, 5.41) is 0.878. The number of aromatic amines is 2. The summed E-state index contributed by atoms with van der Waals surface area (Å²) >= 11 is 0. The first-order valence-corrected chi connectivity index (χ1v) is 10.3. The Morgan fingerprint density at radius 2 is 1.80 bits per heavy atom. The van der Waals surface area contributed by atoms with E-state index in [1.807, 2.05) is 42.5 Å². The van der Waals surface area contributed by atoms with Gasteiger partial charge in [-0.25, -0.2) is 9.97 Å². The molecule has 1 fully saturated rings. The second-order valence-electron chi connectivity index (χ2n) is 7.98. The summed E-state index contributed by atoms with van der Waals surface area (Å²) in [4.78, 5) is 30.7. The molecular weight excluding hydrogens is 378 g/mol. The van der Waals surface area contributed by atoms with Gasteiger partial charge in [0.1, 0.15) is 22.7 Å². The Morgan fingerprint density at radius 3 is 2.67 bits per heavy atom. The van der Waals surface area contributed by atoms with Crippen molar-refractivity contribution in [3.63, 3.8) is 0 Å². The van der Waals surface area contributed by atoms with E-state index in [1.165, 1.54) is 0 Å². The van der Waals surface area contributed by atoms with Gasteiger partial charge in [-0.1, -0.05) is 24.3 Å². The van der Waals surface area contributed by atoms with E-state index in [0.29, 0.717) is 35.0 Å². The maximum atomic E-state index is 12.5. The molecule has 3 aromatic heterocycles. The number of likely N-dealkylation sites (tertiary alicyclic amines) is 1. The van der Waals surface area contributed by atoms with Gasteiger partial charge in [0.15, 0.2) is 0 Å². The number of imidazole rings is 1. The molecule has 2 aromatic carbocycles. The van der Waals surface area contributed by atoms with Gasteiger partial charge in [-0.2, -0.15) is 0 Å². The minimum Gasteiger partial charge on any atom is -0.449 e. The molecule has 6 rings (SSSR count). The van der Waals surface area contributed by atoms with E-state index in [0.717, 1.165) is 48.2 Å². The molecule has 0 atom stereocenters. The number of H-pyrrole nitrogens is 2. The van der Waals surface area contributed by atoms with Crippen LogP contribution in [0.15, 0.2) is 57.7 Å². The van der Waals surface area contributed by atoms with Gasteiger partial charge in [0.25, 0.3) is 5.56 Å². The van der Waals surface area contributed by atoms with Gasteiger partial charge in [-0.05, 0) is 50.2 Å². The first-order valence-electron chi connectivity index (χ1n) is 10.3. The third-order valence-corrected chi connectivity index (χ3v) is 6.04. The Bertz CT molecular complexity index is 1390. The number of nitrogens with one attached hydrogen (secondary N) is 2. The predicted molar refractivity (Wildman–Crippen MR) is 115 cm³/mol. The first kappa shape index (κ1) is 17.4. The maximum absolute atomic E-state index is 12.5. The fourth-order valence-electron chi connectivity index (χ4n) is 4.46. The van der Waals surface area contributed by atoms with E-state index < -0.39 is 0 Å². The number of fused-ring (bicyclic) bond motifs is 4. The molecule has 0 bridgehead atoms. The highest BCUT2D eigenvalue weighted by Gasteiger charge is 2.24. The Labute approximate surface area is 171 Å². The first-order chi connectivity index (χ1) is 14.7. The SMILES string of the molecule is O=c1[nH]c(CN2CCC(c3nc4ccccc4[nH]3)CC2)nc2c1oc1ccccc12. The molecular formula is C23H21N5O2. The minimum absolute atomic E-state index is 0.219. The van der Waals surface area contributed by atoms with Crippen molar-refractivity contribution < 1.29 is 4.42 Å². The standard InChI is InChI=1S/C23H21N5O2/c29-23-21-20(15-5-1-4-8-18(15)30-21)26-19(27-23)13-28-11-9-14(10-12-28)22-24-16-6-2-3-7-17(16)25-22/h1-8,14H,9-13H2,(H,24,25)(H,26,27,29). The predicted octanol–water partition coefficient (Wildman–Crippen LogP) is 3.93. The zero-order chi connectivity index (χ0) is 20.1. The summed E-state index contributed by atoms with van der Waals surface area (Å²) < 4.78 is 5.69. The summed E-state index contributed by atoms with van der Waals surface area (Å²) in [5.74, 6) is 2.19. The van der Waals surface area contributed by atoms with Crippen LogP contribution in [0.3, 0.4) is 0 Å². The molecule has 0 radical (unpaired) electrons. The Kier molecular flexibility index (Phi) is 3.95. The molecule has 4 heterocycles. The van der Waals surface area contributed by atoms with Gasteiger partial charge in [-0.3, -0.25) is 9.69 Å². The number of nitrogens with zero attached hydrogens (tertiary/aromatic N) is 3. The lowest BCUT2D eigenvalue weighted by atomic mass is 9.96. The molecule has 1 aliphatic rings. The average molecular weight is 399 g/mol. The molecule has 2 N–H and O–H groups in total. The van der Waals surface area contributed by atoms with Crippen molar-refractivity contribution >= 4 is 33.1 Å². The van der Waals surface area contributed by atoms with Gasteiger partial charge >= 0.3 is 0 Å². The van der Waals surface area contributed by atoms with Gasteiger partial charge in [0.2, 0.25) is 5.58 Å². The second-order valence-corrected chi connectivity index (χ2v) is 7.98. The van der Waals surface area contributed by atoms with Crippen LogP contribution in [-0.2, 0) is 6.54 Å². The molecule has 0 unspecified atom stereocenters. The molecule has 0 saturated carbocycles. The van der Waals surface area contributed by atoms with Crippen LogP contribution in [0.4, 0.5) is 0 Å². The van der Waals surface area contributed by atoms with Crippen LogP contribution in [0.1, 0.15) is 30.4 Å². The van der Waals surface area contributed by atoms with Crippen molar-refractivity contribution in [2.45, 2.75) is 25.3 Å². The van der Waals surface area contributed by atoms with Crippen molar-refractivity contribution in [2.75, 3.05) is 13.1 Å². The molecule has 5 aromatic rings. The minimum atomic E-state index is -0.219. The number of furan rings is 1. The largest absolute Gasteiger partial charge is 0.449 e. The summed E-state index contributed by atoms with van der Waals surface area (Å²) in [7, 11) is 0. The van der Waals surface area contributed by atoms with Crippen LogP contribution in [0.5, 0.6) is 0 Å². The number of aromatic nitrogens is 4. The molecule has 7 nitrogen and oxygen atoms in total. The van der Waals surface area contributed by atoms with Crippen molar-refractivity contribution in [2.24, 2.45) is 0 Å². The van der Waals surface area contributed by atoms with E-state index in [1.54, 1.807) is 0 Å². The highest BCUT2D eigenvalue weighted by molar-refractivity contribution is 6.01. The number of benzene rings is 2. The Hall–Kier alpha value is -3.45. The van der Waals surface area contributed by atoms with Gasteiger partial charge in [-0.15, -0.1) is 0 Å². The molecule has 7 heteroatoms. The van der Waals surface area contributed by atoms with Gasteiger partial charge < -0.3 is 14.4 Å². The smallest absolute Gasteiger partial charge is 0.294 e. The molecule has 1 aliphatic heterocycles. The van der Waals surface area contributed by atoms with Gasteiger partial charge in [0, 0.05) is 11.3 Å². The lowest BCUT2D eigenvalue weighted by Gasteiger charge is -2.30. The number of rotatable bonds is 3. The van der Waals surface area contributed by atoms with Crippen molar-refractivity contribution in [3.05, 3.63) is 70.5 Å². The highest BCUT2D eigenvalue weighted by atomic mass is 16.3. The van der Waals surface area contributed by atoms with Gasteiger partial charge in [0.05, 0.1) is 17.6 Å². The van der Waals surface area contributed by atoms with E-state index in [9.17, 15) is 4.79 Å². The van der Waals surface area contributed by atoms with Crippen LogP contribution in [0.2, 0.25) is 0 Å². The topological polar surface area (TPSA) is 90.8 Å². The van der Waals surface area contributed by atoms with E-state index in [2.05, 4.69) is 20.9 Å². The number of piperidine rings is 1. The summed E-state index contributed by atoms with van der Waals surface area (Å²) in [6.07, 6.45) is 2.06. The molecule has 30 heavy (non-hydrogen) atoms. The van der Waals surface area contributed by atoms with E-state index in [-0.39, 0.29) is 5.56 Å². The summed E-state index contributed by atoms with van der Waals surface area (Å²) in [6, 6.07) is 15.8. The summed E-state index contributed by atoms with van der Waals surface area (Å²) in [6.45, 7) is 2.50. The van der Waals surface area contributed by atoms with E-state index in [4.69, 9.17) is 14.4 Å². The zero-order valence-electron chi connectivity index (χ0n) is 16.4. The molecule has 150 valence electrons. The van der Waals surface area contributed by atoms with Crippen LogP contribution in [-0.4, -0.2) is 37.9 Å². The third-order valence-electron chi connectivity index (χ3n) is 6.04. The zero-order valence-corrected chi connectivity index (χ0v) is 16.4. The fourth-order valence-corrected chi connectivity index (χ4v) is 4.46. The van der Waals surface area contributed by atoms with Crippen LogP contribution in [0, 0.1) is 0 Å². The third kappa shape index (κ3) is 2.90. The van der Waals surface area contributed by atoms with E-state index >= 15 is 0 Å². The lowest BCUT2D eigenvalue weighted by Crippen LogP contribution is -2.33. The molecule has 0 spiro atoms. The molecule has 1 saturated heterocycles. The highest BCUT2D eigenvalue weighted by Crippen LogP contribution is 2.29. The van der Waals surface area contributed by atoms with Crippen molar-refractivity contribution in [3.8, 4) is 0 Å². The Balaban J connectivity index is 1.21. The Morgan fingerprint density at radius 1 is 1.00 bits per heavy atom. The van der Waals surface area contributed by atoms with Crippen LogP contribution in [0.25, 0.3) is 33.1 Å². The number of hydrogen-bond acceptors (Lipinski definition) is 5. The molecule has 0 amide bonds. The van der Waals surface area contributed by atoms with Crippen molar-refractivity contribution in [1.82, 2.24) is 24.8 Å². The van der Waals surface area contributed by atoms with Crippen LogP contribution < -0.4 is 5.56 Å². The average Bonchev–Trinajstić information content (AvgIpc) is 3.36. The fraction of sp³-hybridized carbons (Fsp3) is 0.261. The monoisotopic (exact) mass is 399 g/mol. The quantitative estimate of drug-likeness (QED) is 0.480. The maximum Gasteiger partial charge on any atom is 0.294 e. The van der Waals surface area contributed by atoms with Crippen molar-refractivity contribution in [1.29, 1.82) is 0 Å². The normalized spacial score (nSPS) is 16.1. The molecule has 0 aliphatic carbocycles. The van der Waals surface area contributed by atoms with Crippen LogP contribution >= 0.6 is 0 Å². The second kappa shape index (κ2) is 6.81. The summed E-state index contributed by atoms with van der Waals surface area (Å²) in [5.41, 5.74) is 3.53.